The van der Waals surface area contributed by atoms with Crippen LogP contribution in [0.4, 0.5) is 8.78 Å². The zero-order valence-electron chi connectivity index (χ0n) is 14.3. The van der Waals surface area contributed by atoms with Gasteiger partial charge in [0.25, 0.3) is 0 Å². The minimum atomic E-state index is -1.17. The van der Waals surface area contributed by atoms with Gasteiger partial charge < -0.3 is 20.3 Å². The molecule has 0 saturated carbocycles. The van der Waals surface area contributed by atoms with E-state index in [9.17, 15) is 13.6 Å². The number of aliphatic carboxylic acids is 1. The molecule has 1 atom stereocenters. The van der Waals surface area contributed by atoms with Gasteiger partial charge in [0.05, 0.1) is 14.2 Å². The first-order valence-electron chi connectivity index (χ1n) is 7.73. The summed E-state index contributed by atoms with van der Waals surface area (Å²) in [5.41, 5.74) is 6.59. The van der Waals surface area contributed by atoms with Crippen LogP contribution in [0.15, 0.2) is 42.5 Å². The lowest BCUT2D eigenvalue weighted by Gasteiger charge is -2.14. The molecule has 0 amide bonds. The summed E-state index contributed by atoms with van der Waals surface area (Å²) in [6.45, 7) is 0. The smallest absolute Gasteiger partial charge is 0.320 e. The van der Waals surface area contributed by atoms with Gasteiger partial charge in [-0.2, -0.15) is 0 Å². The van der Waals surface area contributed by atoms with Gasteiger partial charge in [-0.05, 0) is 41.8 Å². The highest BCUT2D eigenvalue weighted by Gasteiger charge is 2.16. The molecule has 0 heterocycles. The minimum Gasteiger partial charge on any atom is -0.493 e. The Balaban J connectivity index is 2.56. The van der Waals surface area contributed by atoms with Crippen molar-refractivity contribution in [3.8, 4) is 11.5 Å². The number of rotatable bonds is 7. The van der Waals surface area contributed by atoms with Crippen molar-refractivity contribution in [2.24, 2.45) is 5.73 Å². The van der Waals surface area contributed by atoms with Crippen molar-refractivity contribution in [3.05, 3.63) is 65.2 Å². The monoisotopic (exact) mass is 363 g/mol. The van der Waals surface area contributed by atoms with E-state index in [0.29, 0.717) is 22.6 Å². The fraction of sp³-hybridized carbons (Fsp3) is 0.211. The van der Waals surface area contributed by atoms with Crippen LogP contribution in [0.3, 0.4) is 0 Å². The van der Waals surface area contributed by atoms with Gasteiger partial charge in [0.1, 0.15) is 17.7 Å². The predicted molar refractivity (Wildman–Crippen MR) is 93.2 cm³/mol. The van der Waals surface area contributed by atoms with Crippen LogP contribution in [-0.4, -0.2) is 31.3 Å². The fourth-order valence-corrected chi connectivity index (χ4v) is 2.44. The topological polar surface area (TPSA) is 81.8 Å². The van der Waals surface area contributed by atoms with E-state index in [4.69, 9.17) is 20.3 Å². The van der Waals surface area contributed by atoms with E-state index in [-0.39, 0.29) is 12.0 Å². The Morgan fingerprint density at radius 2 is 1.85 bits per heavy atom. The van der Waals surface area contributed by atoms with E-state index in [0.717, 1.165) is 12.1 Å². The maximum atomic E-state index is 14.3. The molecule has 0 aliphatic heterocycles. The quantitative estimate of drug-likeness (QED) is 0.789. The summed E-state index contributed by atoms with van der Waals surface area (Å²) >= 11 is 0. The van der Waals surface area contributed by atoms with Crippen molar-refractivity contribution in [3.63, 3.8) is 0 Å². The third-order valence-electron chi connectivity index (χ3n) is 3.81. The maximum Gasteiger partial charge on any atom is 0.320 e. The minimum absolute atomic E-state index is 0.0319. The summed E-state index contributed by atoms with van der Waals surface area (Å²) in [7, 11) is 2.95. The van der Waals surface area contributed by atoms with Gasteiger partial charge in [0, 0.05) is 11.6 Å². The Labute approximate surface area is 149 Å². The van der Waals surface area contributed by atoms with Crippen molar-refractivity contribution >= 4 is 11.5 Å². The predicted octanol–water partition coefficient (Wildman–Crippen LogP) is 3.22. The average molecular weight is 363 g/mol. The summed E-state index contributed by atoms with van der Waals surface area (Å²) in [5.74, 6) is -1.75. The summed E-state index contributed by atoms with van der Waals surface area (Å²) in [6, 6.07) is 6.97. The van der Waals surface area contributed by atoms with E-state index < -0.39 is 23.6 Å². The molecule has 138 valence electrons. The summed E-state index contributed by atoms with van der Waals surface area (Å²) in [4.78, 5) is 11.0. The highest BCUT2D eigenvalue weighted by atomic mass is 19.1. The molecule has 0 saturated heterocycles. The first-order valence-corrected chi connectivity index (χ1v) is 7.73. The molecule has 0 bridgehead atoms. The molecular weight excluding hydrogens is 344 g/mol. The van der Waals surface area contributed by atoms with Gasteiger partial charge in [0.2, 0.25) is 0 Å². The zero-order chi connectivity index (χ0) is 19.3. The van der Waals surface area contributed by atoms with Gasteiger partial charge in [-0.25, -0.2) is 8.78 Å². The fourth-order valence-electron chi connectivity index (χ4n) is 2.44. The molecule has 1 unspecified atom stereocenters. The molecule has 0 fully saturated rings. The van der Waals surface area contributed by atoms with Crippen molar-refractivity contribution < 1.29 is 28.2 Å². The molecule has 2 aromatic carbocycles. The normalized spacial score (nSPS) is 12.6. The number of carbonyl (C=O) groups is 1. The van der Waals surface area contributed by atoms with Crippen LogP contribution >= 0.6 is 0 Å². The van der Waals surface area contributed by atoms with Crippen LogP contribution in [0, 0.1) is 11.6 Å². The number of hydrogen-bond donors (Lipinski definition) is 2. The second-order valence-electron chi connectivity index (χ2n) is 5.49. The van der Waals surface area contributed by atoms with Crippen LogP contribution in [0.25, 0.3) is 5.57 Å². The van der Waals surface area contributed by atoms with Crippen LogP contribution in [0.5, 0.6) is 11.5 Å². The molecule has 0 aromatic heterocycles. The van der Waals surface area contributed by atoms with Crippen LogP contribution < -0.4 is 15.2 Å². The van der Waals surface area contributed by atoms with Gasteiger partial charge >= 0.3 is 5.97 Å². The summed E-state index contributed by atoms with van der Waals surface area (Å²) < 4.78 is 38.0. The summed E-state index contributed by atoms with van der Waals surface area (Å²) in [6.07, 6.45) is 1.48. The average Bonchev–Trinajstić information content (AvgIpc) is 2.62. The highest BCUT2D eigenvalue weighted by molar-refractivity contribution is 5.82. The molecule has 0 aliphatic rings. The number of ether oxygens (including phenoxy) is 2. The molecule has 26 heavy (non-hydrogen) atoms. The SMILES string of the molecule is COc1ccc(/C(=C/CC(N)C(=O)O)c2ccc(F)cc2F)cc1OC. The van der Waals surface area contributed by atoms with Crippen LogP contribution in [-0.2, 0) is 4.79 Å². The lowest BCUT2D eigenvalue weighted by atomic mass is 9.95. The van der Waals surface area contributed by atoms with Crippen molar-refractivity contribution in [1.82, 2.24) is 0 Å². The van der Waals surface area contributed by atoms with Gasteiger partial charge in [0.15, 0.2) is 11.5 Å². The number of carboxylic acids is 1. The number of carboxylic acid groups (broad SMARTS) is 1. The molecule has 3 N–H and O–H groups in total. The molecule has 2 rings (SSSR count). The van der Waals surface area contributed by atoms with Crippen molar-refractivity contribution in [2.75, 3.05) is 14.2 Å². The zero-order valence-corrected chi connectivity index (χ0v) is 14.3. The summed E-state index contributed by atoms with van der Waals surface area (Å²) in [5, 5.41) is 8.96. The second kappa shape index (κ2) is 8.44. The Kier molecular flexibility index (Phi) is 6.30. The number of benzene rings is 2. The lowest BCUT2D eigenvalue weighted by Crippen LogP contribution is -2.29. The van der Waals surface area contributed by atoms with Crippen molar-refractivity contribution in [2.45, 2.75) is 12.5 Å². The van der Waals surface area contributed by atoms with Crippen LogP contribution in [0.1, 0.15) is 17.5 Å². The van der Waals surface area contributed by atoms with Crippen LogP contribution in [0.2, 0.25) is 0 Å². The molecule has 5 nitrogen and oxygen atoms in total. The number of methoxy groups -OCH3 is 2. The van der Waals surface area contributed by atoms with Crippen molar-refractivity contribution in [1.29, 1.82) is 0 Å². The van der Waals surface area contributed by atoms with Gasteiger partial charge in [-0.3, -0.25) is 4.79 Å². The number of halogens is 2. The van der Waals surface area contributed by atoms with E-state index in [1.165, 1.54) is 26.4 Å². The molecule has 2 aromatic rings. The third-order valence-corrected chi connectivity index (χ3v) is 3.81. The molecule has 0 aliphatic carbocycles. The molecule has 0 spiro atoms. The maximum absolute atomic E-state index is 14.3. The largest absolute Gasteiger partial charge is 0.493 e. The molecule has 7 heteroatoms. The van der Waals surface area contributed by atoms with E-state index >= 15 is 0 Å². The Morgan fingerprint density at radius 3 is 2.42 bits per heavy atom. The Bertz CT molecular complexity index is 836. The Hall–Kier alpha value is -2.93. The van der Waals surface area contributed by atoms with E-state index in [2.05, 4.69) is 0 Å². The third kappa shape index (κ3) is 4.37. The number of nitrogens with two attached hydrogens (primary N) is 1. The standard InChI is InChI=1S/C19H19F2NO4/c1-25-17-8-3-11(9-18(17)26-2)13(6-7-16(22)19(23)24)14-5-4-12(20)10-15(14)21/h3-6,8-10,16H,7,22H2,1-2H3,(H,23,24)/b13-6-. The lowest BCUT2D eigenvalue weighted by molar-refractivity contribution is -0.138. The first kappa shape index (κ1) is 19.4. The van der Waals surface area contributed by atoms with Gasteiger partial charge in [-0.1, -0.05) is 12.1 Å². The second-order valence-corrected chi connectivity index (χ2v) is 5.49. The molecular formula is C19H19F2NO4. The van der Waals surface area contributed by atoms with Gasteiger partial charge in [-0.15, -0.1) is 0 Å². The highest BCUT2D eigenvalue weighted by Crippen LogP contribution is 2.34. The Morgan fingerprint density at radius 1 is 1.15 bits per heavy atom. The number of hydrogen-bond acceptors (Lipinski definition) is 4. The molecule has 0 radical (unpaired) electrons. The van der Waals surface area contributed by atoms with E-state index in [1.807, 2.05) is 0 Å². The van der Waals surface area contributed by atoms with E-state index in [1.54, 1.807) is 18.2 Å². The first-order chi connectivity index (χ1) is 12.4.